The predicted octanol–water partition coefficient (Wildman–Crippen LogP) is 3.00. The van der Waals surface area contributed by atoms with Crippen molar-refractivity contribution in [3.05, 3.63) is 35.4 Å². The van der Waals surface area contributed by atoms with Crippen molar-refractivity contribution in [1.82, 2.24) is 10.2 Å². The lowest BCUT2D eigenvalue weighted by Crippen LogP contribution is -2.61. The fourth-order valence-corrected chi connectivity index (χ4v) is 3.92. The molecule has 0 amide bonds. The Bertz CT molecular complexity index is 504. The molecule has 1 aromatic carbocycles. The van der Waals surface area contributed by atoms with E-state index in [9.17, 15) is 4.79 Å². The summed E-state index contributed by atoms with van der Waals surface area (Å²) in [5.74, 6) is -0.266. The lowest BCUT2D eigenvalue weighted by molar-refractivity contribution is 0.0209. The lowest BCUT2D eigenvalue weighted by Gasteiger charge is -2.50. The van der Waals surface area contributed by atoms with Crippen LogP contribution in [0.2, 0.25) is 0 Å². The molecular formula is C18H27ClN2O2. The van der Waals surface area contributed by atoms with Gasteiger partial charge >= 0.3 is 5.97 Å². The Hall–Kier alpha value is -1.10. The van der Waals surface area contributed by atoms with E-state index in [0.29, 0.717) is 11.1 Å². The van der Waals surface area contributed by atoms with Gasteiger partial charge in [-0.05, 0) is 30.5 Å². The third-order valence-electron chi connectivity index (χ3n) is 5.22. The number of piperazine rings is 1. The number of hydrogen-bond donors (Lipinski definition) is 1. The van der Waals surface area contributed by atoms with Crippen LogP contribution in [0.3, 0.4) is 0 Å². The molecule has 0 aromatic heterocycles. The molecule has 128 valence electrons. The fraction of sp³-hybridized carbons (Fsp3) is 0.611. The number of esters is 1. The van der Waals surface area contributed by atoms with Gasteiger partial charge in [0.05, 0.1) is 12.7 Å². The van der Waals surface area contributed by atoms with Crippen LogP contribution >= 0.6 is 12.4 Å². The summed E-state index contributed by atoms with van der Waals surface area (Å²) >= 11 is 0. The van der Waals surface area contributed by atoms with E-state index in [1.54, 1.807) is 0 Å². The van der Waals surface area contributed by atoms with E-state index in [1.165, 1.54) is 44.8 Å². The molecule has 1 saturated carbocycles. The molecule has 2 aliphatic rings. The normalized spacial score (nSPS) is 20.7. The number of nitrogens with zero attached hydrogens (tertiary/aromatic N) is 1. The maximum Gasteiger partial charge on any atom is 0.337 e. The van der Waals surface area contributed by atoms with Gasteiger partial charge in [0.15, 0.2) is 0 Å². The zero-order valence-corrected chi connectivity index (χ0v) is 14.7. The second-order valence-electron chi connectivity index (χ2n) is 6.57. The minimum Gasteiger partial charge on any atom is -0.465 e. The first-order valence-corrected chi connectivity index (χ1v) is 8.37. The van der Waals surface area contributed by atoms with E-state index < -0.39 is 0 Å². The van der Waals surface area contributed by atoms with Crippen LogP contribution < -0.4 is 5.32 Å². The molecule has 1 aliphatic heterocycles. The number of methoxy groups -OCH3 is 1. The molecule has 0 unspecified atom stereocenters. The van der Waals surface area contributed by atoms with Gasteiger partial charge in [0.1, 0.15) is 0 Å². The zero-order valence-electron chi connectivity index (χ0n) is 13.8. The van der Waals surface area contributed by atoms with Crippen LogP contribution in [0.5, 0.6) is 0 Å². The van der Waals surface area contributed by atoms with Crippen LogP contribution in [0.15, 0.2) is 24.3 Å². The van der Waals surface area contributed by atoms with Gasteiger partial charge in [0.2, 0.25) is 0 Å². The van der Waals surface area contributed by atoms with Crippen LogP contribution in [0, 0.1) is 0 Å². The van der Waals surface area contributed by atoms with Crippen molar-refractivity contribution in [2.24, 2.45) is 0 Å². The predicted molar refractivity (Wildman–Crippen MR) is 94.1 cm³/mol. The van der Waals surface area contributed by atoms with Gasteiger partial charge in [-0.3, -0.25) is 4.90 Å². The van der Waals surface area contributed by atoms with E-state index in [2.05, 4.69) is 22.3 Å². The fourth-order valence-electron chi connectivity index (χ4n) is 3.92. The lowest BCUT2D eigenvalue weighted by atomic mass is 9.79. The molecule has 0 atom stereocenters. The van der Waals surface area contributed by atoms with Crippen LogP contribution in [-0.4, -0.2) is 43.2 Å². The summed E-state index contributed by atoms with van der Waals surface area (Å²) in [4.78, 5) is 14.2. The van der Waals surface area contributed by atoms with E-state index in [4.69, 9.17) is 4.74 Å². The summed E-state index contributed by atoms with van der Waals surface area (Å²) < 4.78 is 4.76. The van der Waals surface area contributed by atoms with E-state index >= 15 is 0 Å². The molecule has 1 N–H and O–H groups in total. The highest BCUT2D eigenvalue weighted by molar-refractivity contribution is 5.89. The first-order chi connectivity index (χ1) is 10.7. The van der Waals surface area contributed by atoms with Crippen molar-refractivity contribution in [3.8, 4) is 0 Å². The molecule has 2 fully saturated rings. The second-order valence-corrected chi connectivity index (χ2v) is 6.57. The highest BCUT2D eigenvalue weighted by atomic mass is 35.5. The van der Waals surface area contributed by atoms with Gasteiger partial charge < -0.3 is 10.1 Å². The molecule has 0 radical (unpaired) electrons. The second kappa shape index (κ2) is 8.13. The Balaban J connectivity index is 0.00000192. The number of halogens is 1. The quantitative estimate of drug-likeness (QED) is 0.860. The molecule has 23 heavy (non-hydrogen) atoms. The Morgan fingerprint density at radius 3 is 2.57 bits per heavy atom. The van der Waals surface area contributed by atoms with Gasteiger partial charge in [-0.15, -0.1) is 12.4 Å². The van der Waals surface area contributed by atoms with Gasteiger partial charge in [-0.1, -0.05) is 31.4 Å². The largest absolute Gasteiger partial charge is 0.465 e. The molecule has 0 bridgehead atoms. The summed E-state index contributed by atoms with van der Waals surface area (Å²) in [5, 5.41) is 3.59. The average molecular weight is 339 g/mol. The molecule has 1 heterocycles. The number of nitrogens with one attached hydrogen (secondary N) is 1. The van der Waals surface area contributed by atoms with Crippen LogP contribution in [0.1, 0.15) is 48.0 Å². The molecule has 1 aromatic rings. The first-order valence-electron chi connectivity index (χ1n) is 8.37. The van der Waals surface area contributed by atoms with Crippen LogP contribution in [0.25, 0.3) is 0 Å². The average Bonchev–Trinajstić information content (AvgIpc) is 2.58. The van der Waals surface area contributed by atoms with Crippen molar-refractivity contribution in [2.75, 3.05) is 26.7 Å². The molecule has 5 heteroatoms. The highest BCUT2D eigenvalue weighted by Gasteiger charge is 2.39. The van der Waals surface area contributed by atoms with Gasteiger partial charge in [0, 0.05) is 31.7 Å². The van der Waals surface area contributed by atoms with Crippen molar-refractivity contribution in [2.45, 2.75) is 44.2 Å². The summed E-state index contributed by atoms with van der Waals surface area (Å²) in [6.45, 7) is 4.27. The highest BCUT2D eigenvalue weighted by Crippen LogP contribution is 2.35. The number of hydrogen-bond acceptors (Lipinski definition) is 4. The number of ether oxygens (including phenoxy) is 1. The molecule has 1 aliphatic carbocycles. The molecule has 3 rings (SSSR count). The summed E-state index contributed by atoms with van der Waals surface area (Å²) in [6, 6.07) is 7.86. The maximum absolute atomic E-state index is 11.5. The first kappa shape index (κ1) is 18.2. The van der Waals surface area contributed by atoms with E-state index in [0.717, 1.165) is 26.2 Å². The number of rotatable bonds is 3. The maximum atomic E-state index is 11.5. The summed E-state index contributed by atoms with van der Waals surface area (Å²) in [6.07, 6.45) is 6.68. The molecular weight excluding hydrogens is 312 g/mol. The van der Waals surface area contributed by atoms with Crippen molar-refractivity contribution in [3.63, 3.8) is 0 Å². The monoisotopic (exact) mass is 338 g/mol. The van der Waals surface area contributed by atoms with Crippen molar-refractivity contribution >= 4 is 18.4 Å². The molecule has 1 spiro atoms. The Morgan fingerprint density at radius 1 is 1.22 bits per heavy atom. The van der Waals surface area contributed by atoms with E-state index in [1.807, 2.05) is 12.1 Å². The Kier molecular flexibility index (Phi) is 6.45. The Morgan fingerprint density at radius 2 is 1.91 bits per heavy atom. The smallest absolute Gasteiger partial charge is 0.337 e. The summed E-state index contributed by atoms with van der Waals surface area (Å²) in [7, 11) is 1.42. The molecule has 4 nitrogen and oxygen atoms in total. The zero-order chi connectivity index (χ0) is 15.4. The number of benzene rings is 1. The molecule has 1 saturated heterocycles. The number of carbonyl (C=O) groups excluding carboxylic acids is 1. The van der Waals surface area contributed by atoms with Gasteiger partial charge in [-0.2, -0.15) is 0 Å². The topological polar surface area (TPSA) is 41.6 Å². The van der Waals surface area contributed by atoms with Crippen molar-refractivity contribution in [1.29, 1.82) is 0 Å². The number of carbonyl (C=O) groups is 1. The van der Waals surface area contributed by atoms with Gasteiger partial charge in [-0.25, -0.2) is 4.79 Å². The van der Waals surface area contributed by atoms with Crippen LogP contribution in [0.4, 0.5) is 0 Å². The third-order valence-corrected chi connectivity index (χ3v) is 5.22. The van der Waals surface area contributed by atoms with E-state index in [-0.39, 0.29) is 18.4 Å². The van der Waals surface area contributed by atoms with Crippen LogP contribution in [-0.2, 0) is 11.3 Å². The Labute approximate surface area is 145 Å². The SMILES string of the molecule is COC(=O)c1ccc(CN2CCNCC23CCCCC3)cc1.Cl. The summed E-state index contributed by atoms with van der Waals surface area (Å²) in [5.41, 5.74) is 2.25. The van der Waals surface area contributed by atoms with Gasteiger partial charge in [0.25, 0.3) is 0 Å². The minimum atomic E-state index is -0.266. The third kappa shape index (κ3) is 4.06. The minimum absolute atomic E-state index is 0. The van der Waals surface area contributed by atoms with Crippen molar-refractivity contribution < 1.29 is 9.53 Å². The standard InChI is InChI=1S/C18H26N2O2.ClH/c1-22-17(21)16-7-5-15(6-8-16)13-20-12-11-19-14-18(20)9-3-2-4-10-18;/h5-8,19H,2-4,9-14H2,1H3;1H.